The van der Waals surface area contributed by atoms with Crippen molar-refractivity contribution in [3.63, 3.8) is 0 Å². The van der Waals surface area contributed by atoms with E-state index in [-0.39, 0.29) is 0 Å². The molecule has 178 valence electrons. The quantitative estimate of drug-likeness (QED) is 0.443. The summed E-state index contributed by atoms with van der Waals surface area (Å²) in [6.45, 7) is 7.50. The van der Waals surface area contributed by atoms with Gasteiger partial charge in [0, 0.05) is 23.0 Å². The van der Waals surface area contributed by atoms with Gasteiger partial charge in [-0.05, 0) is 89.7 Å². The Hall–Kier alpha value is -2.56. The Morgan fingerprint density at radius 1 is 0.971 bits per heavy atom. The van der Waals surface area contributed by atoms with E-state index >= 15 is 0 Å². The Balaban J connectivity index is 1.52. The van der Waals surface area contributed by atoms with E-state index in [0.717, 1.165) is 32.1 Å². The molecule has 3 aliphatic rings. The summed E-state index contributed by atoms with van der Waals surface area (Å²) < 4.78 is 6.10. The van der Waals surface area contributed by atoms with E-state index in [0.29, 0.717) is 13.4 Å². The minimum atomic E-state index is -0.894. The maximum Gasteiger partial charge on any atom is 0.305 e. The smallest absolute Gasteiger partial charge is 0.305 e. The first kappa shape index (κ1) is 24.6. The lowest BCUT2D eigenvalue weighted by atomic mass is 9.78. The summed E-state index contributed by atoms with van der Waals surface area (Å²) >= 11 is 0. The molecule has 0 bridgehead atoms. The molecular formula is C30H38BNO2. The normalized spacial score (nSPS) is 20.8. The molecule has 0 radical (unpaired) electrons. The Morgan fingerprint density at radius 3 is 2.35 bits per heavy atom. The zero-order chi connectivity index (χ0) is 24.2. The van der Waals surface area contributed by atoms with Crippen molar-refractivity contribution < 1.29 is 9.76 Å². The third-order valence-corrected chi connectivity index (χ3v) is 7.40. The van der Waals surface area contributed by atoms with Gasteiger partial charge in [-0.25, -0.2) is 0 Å². The molecule has 1 aromatic carbocycles. The molecule has 0 aliphatic heterocycles. The van der Waals surface area contributed by atoms with Gasteiger partial charge in [-0.15, -0.1) is 0 Å². The van der Waals surface area contributed by atoms with Gasteiger partial charge in [0.1, 0.15) is 0 Å². The zero-order valence-corrected chi connectivity index (χ0v) is 21.1. The van der Waals surface area contributed by atoms with Gasteiger partial charge in [0.25, 0.3) is 0 Å². The van der Waals surface area contributed by atoms with E-state index in [1.807, 2.05) is 13.8 Å². The number of hydrogen-bond acceptors (Lipinski definition) is 3. The summed E-state index contributed by atoms with van der Waals surface area (Å²) in [6, 6.07) is 10.6. The molecule has 0 spiro atoms. The van der Waals surface area contributed by atoms with Gasteiger partial charge < -0.3 is 14.7 Å². The van der Waals surface area contributed by atoms with Crippen LogP contribution >= 0.6 is 0 Å². The fourth-order valence-electron chi connectivity index (χ4n) is 4.41. The molecule has 3 aliphatic carbocycles. The highest BCUT2D eigenvalue weighted by Gasteiger charge is 2.36. The third kappa shape index (κ3) is 5.74. The van der Waals surface area contributed by atoms with Gasteiger partial charge in [0.15, 0.2) is 0 Å². The summed E-state index contributed by atoms with van der Waals surface area (Å²) in [5, 5.41) is 10.4. The van der Waals surface area contributed by atoms with Crippen LogP contribution in [0.2, 0.25) is 0 Å². The minimum absolute atomic E-state index is 0.473. The molecule has 0 aromatic heterocycles. The predicted molar refractivity (Wildman–Crippen MR) is 145 cm³/mol. The minimum Gasteiger partial charge on any atom is -0.427 e. The highest BCUT2D eigenvalue weighted by molar-refractivity contribution is 6.38. The molecule has 1 atom stereocenters. The fourth-order valence-corrected chi connectivity index (χ4v) is 4.41. The van der Waals surface area contributed by atoms with Crippen molar-refractivity contribution in [2.75, 3.05) is 4.90 Å². The second kappa shape index (κ2) is 10.4. The summed E-state index contributed by atoms with van der Waals surface area (Å²) in [5.41, 5.74) is 4.93. The van der Waals surface area contributed by atoms with Crippen LogP contribution < -0.4 is 4.90 Å². The van der Waals surface area contributed by atoms with Crippen molar-refractivity contribution in [1.82, 2.24) is 0 Å². The number of hydrogen-bond donors (Lipinski definition) is 1. The van der Waals surface area contributed by atoms with E-state index in [4.69, 9.17) is 4.65 Å². The molecule has 1 N–H and O–H groups in total. The molecule has 0 saturated heterocycles. The average Bonchev–Trinajstić information content (AvgIpc) is 2.85. The molecule has 4 heteroatoms. The van der Waals surface area contributed by atoms with E-state index < -0.39 is 11.2 Å². The lowest BCUT2D eigenvalue weighted by molar-refractivity contribution is -0.0897. The van der Waals surface area contributed by atoms with E-state index in [1.165, 1.54) is 28.1 Å². The van der Waals surface area contributed by atoms with Crippen molar-refractivity contribution in [2.45, 2.75) is 71.0 Å². The van der Waals surface area contributed by atoms with Gasteiger partial charge in [0.2, 0.25) is 0 Å². The molecule has 0 saturated carbocycles. The molecular weight excluding hydrogens is 417 g/mol. The summed E-state index contributed by atoms with van der Waals surface area (Å²) in [4.78, 5) is 2.40. The standard InChI is InChI=1S/C30H38BNO2/c1-29(2,33)30(3,4)34-31-25-17-21-28(22-18-25)32(26-13-9-6-10-14-26)27-19-15-24(16-20-27)23-11-7-5-8-12-23/h6-7,9-15,17,19-21,24,31,33H,5,8,16,18,22H2,1-4H3. The van der Waals surface area contributed by atoms with Gasteiger partial charge in [-0.1, -0.05) is 60.1 Å². The zero-order valence-electron chi connectivity index (χ0n) is 21.1. The summed E-state index contributed by atoms with van der Waals surface area (Å²) in [7, 11) is 0.541. The van der Waals surface area contributed by atoms with Gasteiger partial charge in [-0.3, -0.25) is 0 Å². The Kier molecular flexibility index (Phi) is 7.49. The van der Waals surface area contributed by atoms with Crippen LogP contribution in [0.4, 0.5) is 5.69 Å². The van der Waals surface area contributed by atoms with E-state index in [2.05, 4.69) is 83.8 Å². The first-order chi connectivity index (χ1) is 16.2. The van der Waals surface area contributed by atoms with Crippen LogP contribution in [-0.4, -0.2) is 23.8 Å². The lowest BCUT2D eigenvalue weighted by Gasteiger charge is -2.38. The summed E-state index contributed by atoms with van der Waals surface area (Å²) in [6.07, 6.45) is 23.7. The first-order valence-corrected chi connectivity index (χ1v) is 12.6. The van der Waals surface area contributed by atoms with Crippen molar-refractivity contribution in [1.29, 1.82) is 0 Å². The molecule has 0 heterocycles. The SMILES string of the molecule is CC(C)(O)C(C)(C)OBC1=CC=C(N(C2=CCC(C3=CCCC=C3)C=C2)c2ccccc2)CC1. The van der Waals surface area contributed by atoms with Crippen LogP contribution in [0.5, 0.6) is 0 Å². The second-order valence-electron chi connectivity index (χ2n) is 10.5. The molecule has 1 unspecified atom stereocenters. The van der Waals surface area contributed by atoms with Gasteiger partial charge in [-0.2, -0.15) is 0 Å². The molecule has 0 fully saturated rings. The highest BCUT2D eigenvalue weighted by Crippen LogP contribution is 2.35. The predicted octanol–water partition coefficient (Wildman–Crippen LogP) is 6.71. The monoisotopic (exact) mass is 455 g/mol. The highest BCUT2D eigenvalue weighted by atomic mass is 16.5. The number of para-hydroxylation sites is 1. The number of rotatable bonds is 8. The van der Waals surface area contributed by atoms with Crippen LogP contribution in [0.1, 0.15) is 59.8 Å². The van der Waals surface area contributed by atoms with Crippen LogP contribution in [0, 0.1) is 5.92 Å². The average molecular weight is 455 g/mol. The van der Waals surface area contributed by atoms with Crippen LogP contribution in [0.15, 0.2) is 101 Å². The maximum atomic E-state index is 10.4. The number of nitrogens with zero attached hydrogens (tertiary/aromatic N) is 1. The van der Waals surface area contributed by atoms with E-state index in [9.17, 15) is 5.11 Å². The number of allylic oxidation sites excluding steroid dienone is 11. The van der Waals surface area contributed by atoms with Gasteiger partial charge >= 0.3 is 7.48 Å². The van der Waals surface area contributed by atoms with E-state index in [1.54, 1.807) is 13.8 Å². The Labute approximate surface area is 206 Å². The number of aliphatic hydroxyl groups is 1. The first-order valence-electron chi connectivity index (χ1n) is 12.6. The van der Waals surface area contributed by atoms with Crippen molar-refractivity contribution >= 4 is 13.2 Å². The molecule has 34 heavy (non-hydrogen) atoms. The fraction of sp³-hybridized carbons (Fsp3) is 0.400. The number of benzene rings is 1. The van der Waals surface area contributed by atoms with Crippen LogP contribution in [-0.2, 0) is 4.65 Å². The summed E-state index contributed by atoms with van der Waals surface area (Å²) in [5.74, 6) is 0.473. The molecule has 3 nitrogen and oxygen atoms in total. The maximum absolute atomic E-state index is 10.4. The lowest BCUT2D eigenvalue weighted by Crippen LogP contribution is -2.48. The van der Waals surface area contributed by atoms with Crippen molar-refractivity contribution in [3.05, 3.63) is 101 Å². The largest absolute Gasteiger partial charge is 0.427 e. The van der Waals surface area contributed by atoms with Gasteiger partial charge in [0.05, 0.1) is 11.2 Å². The molecule has 4 rings (SSSR count). The molecule has 1 aromatic rings. The number of anilines is 1. The topological polar surface area (TPSA) is 32.7 Å². The Bertz CT molecular complexity index is 1050. The van der Waals surface area contributed by atoms with Crippen LogP contribution in [0.25, 0.3) is 0 Å². The van der Waals surface area contributed by atoms with Crippen LogP contribution in [0.3, 0.4) is 0 Å². The molecule has 0 amide bonds. The van der Waals surface area contributed by atoms with Crippen molar-refractivity contribution in [2.24, 2.45) is 5.92 Å². The van der Waals surface area contributed by atoms with Crippen molar-refractivity contribution in [3.8, 4) is 0 Å². The Morgan fingerprint density at radius 2 is 1.76 bits per heavy atom. The third-order valence-electron chi connectivity index (χ3n) is 7.40. The second-order valence-corrected chi connectivity index (χ2v) is 10.5.